The van der Waals surface area contributed by atoms with E-state index in [1.54, 1.807) is 12.1 Å². The number of hydrogen-bond acceptors (Lipinski definition) is 5. The molecule has 0 unspecified atom stereocenters. The van der Waals surface area contributed by atoms with E-state index in [0.717, 1.165) is 31.1 Å². The third-order valence-corrected chi connectivity index (χ3v) is 4.13. The van der Waals surface area contributed by atoms with E-state index in [2.05, 4.69) is 20.4 Å². The molecule has 5 nitrogen and oxygen atoms in total. The van der Waals surface area contributed by atoms with Crippen LogP contribution in [0.5, 0.6) is 0 Å². The van der Waals surface area contributed by atoms with E-state index in [0.29, 0.717) is 18.3 Å². The SMILES string of the molecule is CNCC1CCN(Cc2nc(-c3ccc(F)cc3)no2)CC1.Cl. The van der Waals surface area contributed by atoms with Gasteiger partial charge in [-0.3, -0.25) is 4.90 Å². The molecule has 0 radical (unpaired) electrons. The summed E-state index contributed by atoms with van der Waals surface area (Å²) in [5.74, 6) is 1.63. The second-order valence-corrected chi connectivity index (χ2v) is 5.80. The summed E-state index contributed by atoms with van der Waals surface area (Å²) < 4.78 is 18.2. The van der Waals surface area contributed by atoms with Gasteiger partial charge in [0, 0.05) is 5.56 Å². The number of aromatic nitrogens is 2. The van der Waals surface area contributed by atoms with E-state index in [1.165, 1.54) is 25.0 Å². The molecule has 0 spiro atoms. The van der Waals surface area contributed by atoms with Crippen molar-refractivity contribution in [3.8, 4) is 11.4 Å². The normalized spacial score (nSPS) is 16.3. The van der Waals surface area contributed by atoms with Crippen molar-refractivity contribution >= 4 is 12.4 Å². The van der Waals surface area contributed by atoms with Crippen molar-refractivity contribution in [3.63, 3.8) is 0 Å². The van der Waals surface area contributed by atoms with Crippen LogP contribution < -0.4 is 5.32 Å². The van der Waals surface area contributed by atoms with Gasteiger partial charge in [0.1, 0.15) is 5.82 Å². The minimum Gasteiger partial charge on any atom is -0.338 e. The fourth-order valence-electron chi connectivity index (χ4n) is 2.86. The van der Waals surface area contributed by atoms with Crippen molar-refractivity contribution in [1.29, 1.82) is 0 Å². The fourth-order valence-corrected chi connectivity index (χ4v) is 2.86. The highest BCUT2D eigenvalue weighted by Gasteiger charge is 2.20. The Kier molecular flexibility index (Phi) is 6.50. The molecule has 0 saturated carbocycles. The van der Waals surface area contributed by atoms with Gasteiger partial charge in [-0.25, -0.2) is 4.39 Å². The molecular formula is C16H22ClFN4O. The van der Waals surface area contributed by atoms with Crippen molar-refractivity contribution in [3.05, 3.63) is 36.0 Å². The second-order valence-electron chi connectivity index (χ2n) is 5.80. The maximum absolute atomic E-state index is 12.9. The topological polar surface area (TPSA) is 54.2 Å². The van der Waals surface area contributed by atoms with Crippen LogP contribution in [0.3, 0.4) is 0 Å². The van der Waals surface area contributed by atoms with Crippen molar-refractivity contribution in [2.45, 2.75) is 19.4 Å². The van der Waals surface area contributed by atoms with Crippen LogP contribution in [0.1, 0.15) is 18.7 Å². The number of piperidine rings is 1. The lowest BCUT2D eigenvalue weighted by Crippen LogP contribution is -2.36. The first-order valence-electron chi connectivity index (χ1n) is 7.70. The summed E-state index contributed by atoms with van der Waals surface area (Å²) in [4.78, 5) is 6.75. The number of nitrogens with one attached hydrogen (secondary N) is 1. The van der Waals surface area contributed by atoms with Gasteiger partial charge in [-0.15, -0.1) is 12.4 Å². The minimum absolute atomic E-state index is 0. The van der Waals surface area contributed by atoms with Crippen LogP contribution in [0, 0.1) is 11.7 Å². The van der Waals surface area contributed by atoms with Crippen LogP contribution in [-0.4, -0.2) is 41.7 Å². The molecule has 0 bridgehead atoms. The molecule has 7 heteroatoms. The Morgan fingerprint density at radius 2 is 1.96 bits per heavy atom. The maximum Gasteiger partial charge on any atom is 0.241 e. The minimum atomic E-state index is -0.267. The monoisotopic (exact) mass is 340 g/mol. The molecule has 2 aromatic rings. The molecule has 1 N–H and O–H groups in total. The molecule has 1 aromatic heterocycles. The summed E-state index contributed by atoms with van der Waals surface area (Å²) in [7, 11) is 2.00. The number of halogens is 2. The van der Waals surface area contributed by atoms with Crippen molar-refractivity contribution in [2.24, 2.45) is 5.92 Å². The Morgan fingerprint density at radius 1 is 1.26 bits per heavy atom. The highest BCUT2D eigenvalue weighted by molar-refractivity contribution is 5.85. The van der Waals surface area contributed by atoms with Crippen LogP contribution >= 0.6 is 12.4 Å². The number of hydrogen-bond donors (Lipinski definition) is 1. The molecular weight excluding hydrogens is 319 g/mol. The van der Waals surface area contributed by atoms with Gasteiger partial charge in [-0.05, 0) is 69.7 Å². The molecule has 1 fully saturated rings. The van der Waals surface area contributed by atoms with E-state index in [1.807, 2.05) is 7.05 Å². The summed E-state index contributed by atoms with van der Waals surface area (Å²) >= 11 is 0. The van der Waals surface area contributed by atoms with Gasteiger partial charge in [-0.2, -0.15) is 4.98 Å². The Morgan fingerprint density at radius 3 is 2.61 bits per heavy atom. The predicted molar refractivity (Wildman–Crippen MR) is 88.9 cm³/mol. The van der Waals surface area contributed by atoms with Gasteiger partial charge in [0.05, 0.1) is 6.54 Å². The first kappa shape index (κ1) is 17.8. The molecule has 0 atom stereocenters. The zero-order valence-corrected chi connectivity index (χ0v) is 14.0. The lowest BCUT2D eigenvalue weighted by atomic mass is 9.97. The first-order chi connectivity index (χ1) is 10.7. The molecule has 1 aliphatic heterocycles. The second kappa shape index (κ2) is 8.38. The zero-order chi connectivity index (χ0) is 15.4. The maximum atomic E-state index is 12.9. The highest BCUT2D eigenvalue weighted by Crippen LogP contribution is 2.20. The Bertz CT molecular complexity index is 596. The molecule has 2 heterocycles. The van der Waals surface area contributed by atoms with Gasteiger partial charge in [0.25, 0.3) is 0 Å². The Hall–Kier alpha value is -1.50. The number of nitrogens with zero attached hydrogens (tertiary/aromatic N) is 3. The highest BCUT2D eigenvalue weighted by atomic mass is 35.5. The molecule has 0 amide bonds. The predicted octanol–water partition coefficient (Wildman–Crippen LogP) is 2.73. The van der Waals surface area contributed by atoms with Crippen molar-refractivity contribution < 1.29 is 8.91 Å². The third kappa shape index (κ3) is 4.73. The average Bonchev–Trinajstić information content (AvgIpc) is 2.99. The quantitative estimate of drug-likeness (QED) is 0.907. The van der Waals surface area contributed by atoms with E-state index >= 15 is 0 Å². The Labute approximate surface area is 141 Å². The van der Waals surface area contributed by atoms with E-state index in [4.69, 9.17) is 4.52 Å². The molecule has 126 valence electrons. The standard InChI is InChI=1S/C16H21FN4O.ClH/c1-18-10-12-6-8-21(9-7-12)11-15-19-16(20-22-15)13-2-4-14(17)5-3-13;/h2-5,12,18H,6-11H2,1H3;1H. The molecule has 1 aliphatic rings. The zero-order valence-electron chi connectivity index (χ0n) is 13.2. The lowest BCUT2D eigenvalue weighted by Gasteiger charge is -2.30. The van der Waals surface area contributed by atoms with Gasteiger partial charge < -0.3 is 9.84 Å². The number of rotatable bonds is 5. The first-order valence-corrected chi connectivity index (χ1v) is 7.70. The number of benzene rings is 1. The van der Waals surface area contributed by atoms with Crippen LogP contribution in [0.15, 0.2) is 28.8 Å². The summed E-state index contributed by atoms with van der Waals surface area (Å²) in [5, 5.41) is 7.22. The summed E-state index contributed by atoms with van der Waals surface area (Å²) in [6.07, 6.45) is 2.39. The molecule has 23 heavy (non-hydrogen) atoms. The van der Waals surface area contributed by atoms with E-state index in [-0.39, 0.29) is 18.2 Å². The molecule has 1 saturated heterocycles. The van der Waals surface area contributed by atoms with Gasteiger partial charge in [0.15, 0.2) is 0 Å². The van der Waals surface area contributed by atoms with Gasteiger partial charge >= 0.3 is 0 Å². The van der Waals surface area contributed by atoms with E-state index in [9.17, 15) is 4.39 Å². The summed E-state index contributed by atoms with van der Waals surface area (Å²) in [5.41, 5.74) is 0.768. The van der Waals surface area contributed by atoms with Crippen LogP contribution in [0.4, 0.5) is 4.39 Å². The lowest BCUT2D eigenvalue weighted by molar-refractivity contribution is 0.159. The van der Waals surface area contributed by atoms with Crippen molar-refractivity contribution in [1.82, 2.24) is 20.4 Å². The third-order valence-electron chi connectivity index (χ3n) is 4.13. The van der Waals surface area contributed by atoms with Crippen LogP contribution in [0.2, 0.25) is 0 Å². The summed E-state index contributed by atoms with van der Waals surface area (Å²) in [6, 6.07) is 6.12. The van der Waals surface area contributed by atoms with Gasteiger partial charge in [-0.1, -0.05) is 5.16 Å². The average molecular weight is 341 g/mol. The molecule has 1 aromatic carbocycles. The smallest absolute Gasteiger partial charge is 0.241 e. The van der Waals surface area contributed by atoms with Gasteiger partial charge in [0.2, 0.25) is 11.7 Å². The van der Waals surface area contributed by atoms with Crippen LogP contribution in [-0.2, 0) is 6.54 Å². The fraction of sp³-hybridized carbons (Fsp3) is 0.500. The Balaban J connectivity index is 0.00000192. The largest absolute Gasteiger partial charge is 0.338 e. The molecule has 0 aliphatic carbocycles. The van der Waals surface area contributed by atoms with E-state index < -0.39 is 0 Å². The summed E-state index contributed by atoms with van der Waals surface area (Å²) in [6.45, 7) is 3.88. The molecule has 3 rings (SSSR count). The van der Waals surface area contributed by atoms with Crippen LogP contribution in [0.25, 0.3) is 11.4 Å². The van der Waals surface area contributed by atoms with Crippen molar-refractivity contribution in [2.75, 3.05) is 26.7 Å². The number of likely N-dealkylation sites (tertiary alicyclic amines) is 1.